The number of halogens is 2. The van der Waals surface area contributed by atoms with E-state index in [2.05, 4.69) is 26.2 Å². The van der Waals surface area contributed by atoms with E-state index in [0.29, 0.717) is 23.3 Å². The van der Waals surface area contributed by atoms with Gasteiger partial charge in [-0.2, -0.15) is 0 Å². The van der Waals surface area contributed by atoms with E-state index in [4.69, 9.17) is 4.42 Å². The Morgan fingerprint density at radius 1 is 1.57 bits per heavy atom. The number of hydrogen-bond acceptors (Lipinski definition) is 4. The second kappa shape index (κ2) is 6.64. The molecule has 1 amide bonds. The molecule has 6 nitrogen and oxygen atoms in total. The smallest absolute Gasteiger partial charge is 0.291 e. The maximum absolute atomic E-state index is 12.6. The number of furan rings is 1. The standard InChI is InChI=1S/C13H15BrN4O2.ClH/c1-17-5-4-16-12(17)10-8-15-3-6-18(10)13(19)11-9(14)2-7-20-11;/h2,4-5,7,10,15H,3,6,8H2,1H3;1H. The predicted molar refractivity (Wildman–Crippen MR) is 83.5 cm³/mol. The first-order chi connectivity index (χ1) is 9.68. The summed E-state index contributed by atoms with van der Waals surface area (Å²) in [7, 11) is 1.93. The number of carbonyl (C=O) groups is 1. The second-order valence-corrected chi connectivity index (χ2v) is 5.57. The van der Waals surface area contributed by atoms with Crippen LogP contribution in [0.3, 0.4) is 0 Å². The number of nitrogens with one attached hydrogen (secondary N) is 1. The highest BCUT2D eigenvalue weighted by Crippen LogP contribution is 2.26. The molecule has 0 spiro atoms. The summed E-state index contributed by atoms with van der Waals surface area (Å²) in [4.78, 5) is 18.8. The zero-order valence-electron chi connectivity index (χ0n) is 11.5. The van der Waals surface area contributed by atoms with Gasteiger partial charge < -0.3 is 19.2 Å². The SMILES string of the molecule is Cl.Cn1ccnc1C1CNCCN1C(=O)c1occc1Br. The van der Waals surface area contributed by atoms with E-state index >= 15 is 0 Å². The largest absolute Gasteiger partial charge is 0.458 e. The minimum atomic E-state index is -0.114. The van der Waals surface area contributed by atoms with Gasteiger partial charge in [-0.3, -0.25) is 4.79 Å². The molecule has 8 heteroatoms. The number of hydrogen-bond donors (Lipinski definition) is 1. The molecule has 1 unspecified atom stereocenters. The molecule has 0 saturated carbocycles. The number of imidazole rings is 1. The second-order valence-electron chi connectivity index (χ2n) is 4.71. The lowest BCUT2D eigenvalue weighted by molar-refractivity contribution is 0.0587. The Morgan fingerprint density at radius 2 is 2.38 bits per heavy atom. The van der Waals surface area contributed by atoms with E-state index in [1.54, 1.807) is 12.3 Å². The number of rotatable bonds is 2. The lowest BCUT2D eigenvalue weighted by atomic mass is 10.1. The van der Waals surface area contributed by atoms with Gasteiger partial charge in [-0.15, -0.1) is 12.4 Å². The minimum Gasteiger partial charge on any atom is -0.458 e. The third-order valence-corrected chi connectivity index (χ3v) is 4.10. The van der Waals surface area contributed by atoms with Gasteiger partial charge in [-0.1, -0.05) is 0 Å². The van der Waals surface area contributed by atoms with Crippen molar-refractivity contribution in [1.82, 2.24) is 19.8 Å². The van der Waals surface area contributed by atoms with Gasteiger partial charge in [0.25, 0.3) is 5.91 Å². The molecule has 1 N–H and O–H groups in total. The topological polar surface area (TPSA) is 63.3 Å². The van der Waals surface area contributed by atoms with Crippen molar-refractivity contribution in [1.29, 1.82) is 0 Å². The molecule has 3 heterocycles. The molecule has 2 aromatic rings. The van der Waals surface area contributed by atoms with Gasteiger partial charge in [0.15, 0.2) is 0 Å². The average Bonchev–Trinajstić information content (AvgIpc) is 3.06. The Balaban J connectivity index is 0.00000161. The van der Waals surface area contributed by atoms with E-state index < -0.39 is 0 Å². The van der Waals surface area contributed by atoms with Crippen LogP contribution in [-0.2, 0) is 7.05 Å². The Bertz CT molecular complexity index is 627. The molecule has 1 fully saturated rings. The van der Waals surface area contributed by atoms with Crippen molar-refractivity contribution in [2.24, 2.45) is 7.05 Å². The summed E-state index contributed by atoms with van der Waals surface area (Å²) < 4.78 is 7.91. The lowest BCUT2D eigenvalue weighted by Gasteiger charge is -2.35. The van der Waals surface area contributed by atoms with Crippen molar-refractivity contribution in [2.45, 2.75) is 6.04 Å². The molecule has 3 rings (SSSR count). The summed E-state index contributed by atoms with van der Waals surface area (Å²) >= 11 is 3.34. The van der Waals surface area contributed by atoms with Gasteiger partial charge in [-0.05, 0) is 22.0 Å². The maximum atomic E-state index is 12.6. The molecule has 2 aromatic heterocycles. The van der Waals surface area contributed by atoms with Crippen molar-refractivity contribution in [3.8, 4) is 0 Å². The maximum Gasteiger partial charge on any atom is 0.291 e. The number of carbonyl (C=O) groups excluding carboxylic acids is 1. The fraction of sp³-hybridized carbons (Fsp3) is 0.385. The van der Waals surface area contributed by atoms with Crippen LogP contribution in [-0.4, -0.2) is 40.0 Å². The van der Waals surface area contributed by atoms with Crippen molar-refractivity contribution in [3.63, 3.8) is 0 Å². The van der Waals surface area contributed by atoms with E-state index in [-0.39, 0.29) is 24.4 Å². The van der Waals surface area contributed by atoms with Crippen LogP contribution in [0.25, 0.3) is 0 Å². The van der Waals surface area contributed by atoms with Crippen LogP contribution < -0.4 is 5.32 Å². The third-order valence-electron chi connectivity index (χ3n) is 3.47. The number of aryl methyl sites for hydroxylation is 1. The van der Waals surface area contributed by atoms with Crippen molar-refractivity contribution >= 4 is 34.2 Å². The zero-order valence-corrected chi connectivity index (χ0v) is 13.9. The monoisotopic (exact) mass is 374 g/mol. The Morgan fingerprint density at radius 3 is 3.00 bits per heavy atom. The molecule has 0 bridgehead atoms. The van der Waals surface area contributed by atoms with Gasteiger partial charge in [0.1, 0.15) is 11.9 Å². The molecule has 1 saturated heterocycles. The van der Waals surface area contributed by atoms with Gasteiger partial charge in [0, 0.05) is 39.1 Å². The average molecular weight is 376 g/mol. The van der Waals surface area contributed by atoms with Gasteiger partial charge in [0.2, 0.25) is 5.76 Å². The Hall–Kier alpha value is -1.31. The van der Waals surface area contributed by atoms with Crippen molar-refractivity contribution in [2.75, 3.05) is 19.6 Å². The molecular weight excluding hydrogens is 360 g/mol. The summed E-state index contributed by atoms with van der Waals surface area (Å²) in [6.07, 6.45) is 5.14. The van der Waals surface area contributed by atoms with E-state index in [1.165, 1.54) is 6.26 Å². The minimum absolute atomic E-state index is 0. The summed E-state index contributed by atoms with van der Waals surface area (Å²) in [6, 6.07) is 1.64. The number of amides is 1. The summed E-state index contributed by atoms with van der Waals surface area (Å²) in [6.45, 7) is 2.09. The quantitative estimate of drug-likeness (QED) is 0.872. The van der Waals surface area contributed by atoms with E-state index in [0.717, 1.165) is 12.4 Å². The van der Waals surface area contributed by atoms with Crippen LogP contribution in [0, 0.1) is 0 Å². The molecule has 0 radical (unpaired) electrons. The highest BCUT2D eigenvalue weighted by atomic mass is 79.9. The number of nitrogens with zero attached hydrogens (tertiary/aromatic N) is 3. The Kier molecular flexibility index (Phi) is 5.08. The van der Waals surface area contributed by atoms with Crippen LogP contribution in [0.15, 0.2) is 33.6 Å². The first-order valence-corrected chi connectivity index (χ1v) is 7.19. The molecule has 1 aliphatic heterocycles. The van der Waals surface area contributed by atoms with E-state index in [1.807, 2.05) is 22.7 Å². The van der Waals surface area contributed by atoms with E-state index in [9.17, 15) is 4.79 Å². The summed E-state index contributed by atoms with van der Waals surface area (Å²) in [5, 5.41) is 3.31. The highest BCUT2D eigenvalue weighted by Gasteiger charge is 2.33. The highest BCUT2D eigenvalue weighted by molar-refractivity contribution is 9.10. The molecule has 114 valence electrons. The normalized spacial score (nSPS) is 18.4. The van der Waals surface area contributed by atoms with Crippen LogP contribution in [0.4, 0.5) is 0 Å². The molecule has 0 aliphatic carbocycles. The number of piperazine rings is 1. The fourth-order valence-electron chi connectivity index (χ4n) is 2.45. The molecule has 1 atom stereocenters. The van der Waals surface area contributed by atoms with Crippen LogP contribution in [0.1, 0.15) is 22.4 Å². The molecule has 1 aliphatic rings. The first kappa shape index (κ1) is 16.1. The molecule has 21 heavy (non-hydrogen) atoms. The lowest BCUT2D eigenvalue weighted by Crippen LogP contribution is -2.49. The number of aromatic nitrogens is 2. The first-order valence-electron chi connectivity index (χ1n) is 6.40. The van der Waals surface area contributed by atoms with Crippen LogP contribution in [0.5, 0.6) is 0 Å². The molecular formula is C13H16BrClN4O2. The van der Waals surface area contributed by atoms with Crippen LogP contribution >= 0.6 is 28.3 Å². The summed E-state index contributed by atoms with van der Waals surface area (Å²) in [5.41, 5.74) is 0. The van der Waals surface area contributed by atoms with Gasteiger partial charge >= 0.3 is 0 Å². The van der Waals surface area contributed by atoms with Crippen LogP contribution in [0.2, 0.25) is 0 Å². The molecule has 0 aromatic carbocycles. The summed E-state index contributed by atoms with van der Waals surface area (Å²) in [5.74, 6) is 1.09. The van der Waals surface area contributed by atoms with Crippen molar-refractivity contribution in [3.05, 3.63) is 40.8 Å². The zero-order chi connectivity index (χ0) is 14.1. The third kappa shape index (κ3) is 3.00. The van der Waals surface area contributed by atoms with Gasteiger partial charge in [0.05, 0.1) is 10.7 Å². The predicted octanol–water partition coefficient (Wildman–Crippen LogP) is 1.98. The van der Waals surface area contributed by atoms with Gasteiger partial charge in [-0.25, -0.2) is 4.98 Å². The van der Waals surface area contributed by atoms with Crippen molar-refractivity contribution < 1.29 is 9.21 Å². The fourth-order valence-corrected chi connectivity index (χ4v) is 2.82. The Labute approximate surface area is 137 Å².